The summed E-state index contributed by atoms with van der Waals surface area (Å²) in [6.45, 7) is 0. The summed E-state index contributed by atoms with van der Waals surface area (Å²) in [7, 11) is 1.92. The highest BCUT2D eigenvalue weighted by Crippen LogP contribution is 2.31. The van der Waals surface area contributed by atoms with E-state index in [2.05, 4.69) is 26.6 Å². The summed E-state index contributed by atoms with van der Waals surface area (Å²) < 4.78 is 1.92. The van der Waals surface area contributed by atoms with Gasteiger partial charge in [-0.2, -0.15) is 0 Å². The molecule has 126 valence electrons. The zero-order chi connectivity index (χ0) is 17.2. The van der Waals surface area contributed by atoms with Crippen LogP contribution in [0.15, 0.2) is 53.9 Å². The van der Waals surface area contributed by atoms with Crippen molar-refractivity contribution in [3.05, 3.63) is 54.4 Å². The van der Waals surface area contributed by atoms with Crippen molar-refractivity contribution in [3.8, 4) is 11.4 Å². The first-order valence-electron chi connectivity index (χ1n) is 8.07. The number of aromatic nitrogens is 4. The monoisotopic (exact) mass is 351 g/mol. The Morgan fingerprint density at radius 2 is 1.96 bits per heavy atom. The number of nitrogens with one attached hydrogen (secondary N) is 1. The Bertz CT molecular complexity index is 909. The number of thioether (sulfide) groups is 1. The van der Waals surface area contributed by atoms with Crippen LogP contribution in [0, 0.1) is 0 Å². The van der Waals surface area contributed by atoms with Gasteiger partial charge in [-0.25, -0.2) is 0 Å². The van der Waals surface area contributed by atoms with Crippen LogP contribution in [0.1, 0.15) is 12.0 Å². The highest BCUT2D eigenvalue weighted by molar-refractivity contribution is 8.00. The van der Waals surface area contributed by atoms with Gasteiger partial charge in [-0.1, -0.05) is 30.0 Å². The molecular formula is C18H17N5OS. The lowest BCUT2D eigenvalue weighted by atomic mass is 10.1. The molecule has 0 spiro atoms. The maximum Gasteiger partial charge on any atom is 0.237 e. The lowest BCUT2D eigenvalue weighted by Crippen LogP contribution is -2.24. The van der Waals surface area contributed by atoms with Crippen LogP contribution < -0.4 is 5.32 Å². The number of fused-ring (bicyclic) bond motifs is 1. The first-order chi connectivity index (χ1) is 12.2. The van der Waals surface area contributed by atoms with E-state index in [9.17, 15) is 4.79 Å². The summed E-state index contributed by atoms with van der Waals surface area (Å²) in [5, 5.41) is 12.1. The van der Waals surface area contributed by atoms with E-state index < -0.39 is 0 Å². The number of hydrogen-bond acceptors (Lipinski definition) is 5. The topological polar surface area (TPSA) is 72.7 Å². The summed E-state index contributed by atoms with van der Waals surface area (Å²) in [5.74, 6) is 0.783. The molecule has 0 bridgehead atoms. The molecule has 1 aliphatic heterocycles. The zero-order valence-electron chi connectivity index (χ0n) is 13.7. The average Bonchev–Trinajstić information content (AvgIpc) is 2.92. The molecule has 3 aromatic rings. The molecule has 0 saturated heterocycles. The fourth-order valence-electron chi connectivity index (χ4n) is 2.90. The van der Waals surface area contributed by atoms with Gasteiger partial charge in [-0.05, 0) is 36.6 Å². The number of hydrogen-bond donors (Lipinski definition) is 1. The molecule has 2 aromatic heterocycles. The Hall–Kier alpha value is -2.67. The van der Waals surface area contributed by atoms with Gasteiger partial charge in [0, 0.05) is 30.7 Å². The summed E-state index contributed by atoms with van der Waals surface area (Å²) in [6.07, 6.45) is 5.09. The van der Waals surface area contributed by atoms with Crippen molar-refractivity contribution in [2.24, 2.45) is 7.05 Å². The number of carbonyl (C=O) groups excluding carboxylic acids is 1. The number of para-hydroxylation sites is 1. The van der Waals surface area contributed by atoms with Crippen molar-refractivity contribution in [2.75, 3.05) is 5.32 Å². The number of carbonyl (C=O) groups is 1. The molecule has 0 saturated carbocycles. The molecule has 1 aromatic carbocycles. The van der Waals surface area contributed by atoms with Crippen molar-refractivity contribution in [2.45, 2.75) is 23.2 Å². The molecule has 3 heterocycles. The van der Waals surface area contributed by atoms with Gasteiger partial charge in [-0.15, -0.1) is 10.2 Å². The number of nitrogens with zero attached hydrogens (tertiary/aromatic N) is 4. The third-order valence-corrected chi connectivity index (χ3v) is 5.57. The average molecular weight is 351 g/mol. The molecule has 7 heteroatoms. The molecular weight excluding hydrogens is 334 g/mol. The quantitative estimate of drug-likeness (QED) is 0.785. The second-order valence-corrected chi connectivity index (χ2v) is 7.06. The van der Waals surface area contributed by atoms with Crippen LogP contribution in [0.5, 0.6) is 0 Å². The first-order valence-corrected chi connectivity index (χ1v) is 8.95. The van der Waals surface area contributed by atoms with Crippen molar-refractivity contribution in [1.29, 1.82) is 0 Å². The Kier molecular flexibility index (Phi) is 4.23. The molecule has 0 aliphatic carbocycles. The van der Waals surface area contributed by atoms with Gasteiger partial charge in [0.15, 0.2) is 11.0 Å². The van der Waals surface area contributed by atoms with Crippen LogP contribution in [-0.4, -0.2) is 30.9 Å². The lowest BCUT2D eigenvalue weighted by molar-refractivity contribution is -0.115. The highest BCUT2D eigenvalue weighted by Gasteiger charge is 2.26. The van der Waals surface area contributed by atoms with Crippen molar-refractivity contribution < 1.29 is 4.79 Å². The van der Waals surface area contributed by atoms with E-state index >= 15 is 0 Å². The summed E-state index contributed by atoms with van der Waals surface area (Å²) in [6, 6.07) is 11.7. The largest absolute Gasteiger partial charge is 0.325 e. The maximum atomic E-state index is 12.6. The second kappa shape index (κ2) is 6.68. The fourth-order valence-corrected chi connectivity index (χ4v) is 3.89. The van der Waals surface area contributed by atoms with Crippen LogP contribution in [-0.2, 0) is 18.3 Å². The van der Waals surface area contributed by atoms with Crippen LogP contribution in [0.3, 0.4) is 0 Å². The smallest absolute Gasteiger partial charge is 0.237 e. The van der Waals surface area contributed by atoms with Crippen molar-refractivity contribution in [3.63, 3.8) is 0 Å². The summed E-state index contributed by atoms with van der Waals surface area (Å²) >= 11 is 1.46. The Labute approximate surface area is 149 Å². The lowest BCUT2D eigenvalue weighted by Gasteiger charge is -2.12. The van der Waals surface area contributed by atoms with Crippen LogP contribution >= 0.6 is 11.8 Å². The van der Waals surface area contributed by atoms with Crippen LogP contribution in [0.4, 0.5) is 5.69 Å². The molecule has 6 nitrogen and oxygen atoms in total. The maximum absolute atomic E-state index is 12.6. The second-order valence-electron chi connectivity index (χ2n) is 5.89. The third kappa shape index (κ3) is 3.15. The predicted octanol–water partition coefficient (Wildman–Crippen LogP) is 2.92. The Morgan fingerprint density at radius 3 is 2.80 bits per heavy atom. The minimum absolute atomic E-state index is 0.0170. The number of rotatable bonds is 3. The number of anilines is 1. The molecule has 1 amide bonds. The number of amides is 1. The van der Waals surface area contributed by atoms with E-state index in [0.717, 1.165) is 35.1 Å². The molecule has 1 atom stereocenters. The molecule has 0 unspecified atom stereocenters. The van der Waals surface area contributed by atoms with Gasteiger partial charge in [-0.3, -0.25) is 9.78 Å². The van der Waals surface area contributed by atoms with Gasteiger partial charge in [0.2, 0.25) is 5.91 Å². The number of pyridine rings is 1. The third-order valence-electron chi connectivity index (χ3n) is 4.26. The Balaban J connectivity index is 1.55. The van der Waals surface area contributed by atoms with Gasteiger partial charge < -0.3 is 9.88 Å². The van der Waals surface area contributed by atoms with Gasteiger partial charge in [0.1, 0.15) is 0 Å². The van der Waals surface area contributed by atoms with E-state index in [0.29, 0.717) is 0 Å². The minimum Gasteiger partial charge on any atom is -0.325 e. The van der Waals surface area contributed by atoms with Crippen LogP contribution in [0.2, 0.25) is 0 Å². The number of aryl methyl sites for hydroxylation is 1. The fraction of sp³-hybridized carbons (Fsp3) is 0.222. The molecule has 0 fully saturated rings. The van der Waals surface area contributed by atoms with Gasteiger partial charge in [0.05, 0.1) is 5.25 Å². The van der Waals surface area contributed by atoms with E-state index in [1.807, 2.05) is 41.9 Å². The standard InChI is InChI=1S/C18H17N5OS/c1-23-16(13-8-10-19-11-9-13)21-22-18(23)25-15-7-6-12-4-2-3-5-14(12)20-17(15)24/h2-5,8-11,15H,6-7H2,1H3,(H,20,24)/t15-/m1/s1. The Morgan fingerprint density at radius 1 is 1.16 bits per heavy atom. The summed E-state index contributed by atoms with van der Waals surface area (Å²) in [4.78, 5) is 16.6. The molecule has 0 radical (unpaired) electrons. The SMILES string of the molecule is Cn1c(S[C@@H]2CCc3ccccc3NC2=O)nnc1-c1ccncc1. The molecule has 25 heavy (non-hydrogen) atoms. The van der Waals surface area contributed by atoms with E-state index in [1.54, 1.807) is 12.4 Å². The highest BCUT2D eigenvalue weighted by atomic mass is 32.2. The predicted molar refractivity (Wildman–Crippen MR) is 97.3 cm³/mol. The van der Waals surface area contributed by atoms with Crippen molar-refractivity contribution in [1.82, 2.24) is 19.7 Å². The normalized spacial score (nSPS) is 16.8. The minimum atomic E-state index is -0.194. The van der Waals surface area contributed by atoms with Gasteiger partial charge >= 0.3 is 0 Å². The zero-order valence-corrected chi connectivity index (χ0v) is 14.5. The van der Waals surface area contributed by atoms with Crippen LogP contribution in [0.25, 0.3) is 11.4 Å². The van der Waals surface area contributed by atoms with Crippen molar-refractivity contribution >= 4 is 23.4 Å². The van der Waals surface area contributed by atoms with E-state index in [1.165, 1.54) is 17.3 Å². The van der Waals surface area contributed by atoms with Gasteiger partial charge in [0.25, 0.3) is 0 Å². The molecule has 1 N–H and O–H groups in total. The first kappa shape index (κ1) is 15.8. The molecule has 1 aliphatic rings. The van der Waals surface area contributed by atoms with E-state index in [-0.39, 0.29) is 11.2 Å². The van der Waals surface area contributed by atoms with E-state index in [4.69, 9.17) is 0 Å². The molecule has 4 rings (SSSR count). The summed E-state index contributed by atoms with van der Waals surface area (Å²) in [5.41, 5.74) is 3.04. The number of benzene rings is 1.